The first-order valence-electron chi connectivity index (χ1n) is 4.20. The van der Waals surface area contributed by atoms with Crippen molar-refractivity contribution in [2.45, 2.75) is 19.8 Å². The minimum atomic E-state index is -0.304. The Morgan fingerprint density at radius 2 is 2.25 bits per heavy atom. The first kappa shape index (κ1) is 11.6. The van der Waals surface area contributed by atoms with Crippen LogP contribution in [0.5, 0.6) is 0 Å². The molecular formula is C8H17NO2S. The van der Waals surface area contributed by atoms with Gasteiger partial charge in [-0.25, -0.2) is 4.79 Å². The Kier molecular flexibility index (Phi) is 8.44. The molecule has 0 atom stereocenters. The topological polar surface area (TPSA) is 38.3 Å². The highest BCUT2D eigenvalue weighted by Crippen LogP contribution is 1.97. The number of rotatable bonds is 6. The number of alkyl carbamates (subject to hydrolysis) is 1. The van der Waals surface area contributed by atoms with Crippen LogP contribution in [0.4, 0.5) is 4.79 Å². The molecule has 0 bridgehead atoms. The average molecular weight is 191 g/mol. The van der Waals surface area contributed by atoms with Crippen molar-refractivity contribution < 1.29 is 9.53 Å². The van der Waals surface area contributed by atoms with Gasteiger partial charge in [-0.3, -0.25) is 0 Å². The van der Waals surface area contributed by atoms with E-state index in [1.54, 1.807) is 6.92 Å². The Morgan fingerprint density at radius 3 is 2.83 bits per heavy atom. The fourth-order valence-corrected chi connectivity index (χ4v) is 1.24. The molecule has 0 aromatic rings. The van der Waals surface area contributed by atoms with E-state index in [0.29, 0.717) is 6.61 Å². The Bertz CT molecular complexity index is 120. The van der Waals surface area contributed by atoms with Crippen molar-refractivity contribution in [1.29, 1.82) is 0 Å². The minimum Gasteiger partial charge on any atom is -0.450 e. The van der Waals surface area contributed by atoms with Crippen molar-refractivity contribution in [3.63, 3.8) is 0 Å². The highest BCUT2D eigenvalue weighted by molar-refractivity contribution is 7.98. The zero-order chi connectivity index (χ0) is 9.23. The van der Waals surface area contributed by atoms with Crippen LogP contribution < -0.4 is 5.32 Å². The van der Waals surface area contributed by atoms with Gasteiger partial charge >= 0.3 is 6.09 Å². The molecule has 0 saturated carbocycles. The molecule has 0 unspecified atom stereocenters. The van der Waals surface area contributed by atoms with Gasteiger partial charge in [0, 0.05) is 6.54 Å². The number of thioether (sulfide) groups is 1. The fraction of sp³-hybridized carbons (Fsp3) is 0.875. The molecule has 0 aromatic heterocycles. The number of hydrogen-bond donors (Lipinski definition) is 1. The van der Waals surface area contributed by atoms with Crippen LogP contribution in [0.2, 0.25) is 0 Å². The SMILES string of the molecule is CCOC(=O)NCCCCSC. The van der Waals surface area contributed by atoms with Crippen LogP contribution in [0.3, 0.4) is 0 Å². The molecule has 3 nitrogen and oxygen atoms in total. The third-order valence-electron chi connectivity index (χ3n) is 1.32. The summed E-state index contributed by atoms with van der Waals surface area (Å²) < 4.78 is 4.69. The summed E-state index contributed by atoms with van der Waals surface area (Å²) in [5.74, 6) is 1.16. The van der Waals surface area contributed by atoms with Crippen molar-refractivity contribution in [2.75, 3.05) is 25.2 Å². The lowest BCUT2D eigenvalue weighted by Gasteiger charge is -2.03. The Morgan fingerprint density at radius 1 is 1.50 bits per heavy atom. The third-order valence-corrected chi connectivity index (χ3v) is 2.02. The van der Waals surface area contributed by atoms with E-state index >= 15 is 0 Å². The lowest BCUT2D eigenvalue weighted by atomic mass is 10.3. The molecule has 1 amide bonds. The Hall–Kier alpha value is -0.380. The Balaban J connectivity index is 3.03. The van der Waals surface area contributed by atoms with E-state index in [0.717, 1.165) is 25.1 Å². The quantitative estimate of drug-likeness (QED) is 0.651. The number of amides is 1. The zero-order valence-corrected chi connectivity index (χ0v) is 8.58. The smallest absolute Gasteiger partial charge is 0.407 e. The second kappa shape index (κ2) is 8.71. The third kappa shape index (κ3) is 7.72. The van der Waals surface area contributed by atoms with Crippen LogP contribution >= 0.6 is 11.8 Å². The normalized spacial score (nSPS) is 9.50. The summed E-state index contributed by atoms with van der Waals surface area (Å²) in [5, 5.41) is 2.67. The number of carbonyl (C=O) groups is 1. The predicted octanol–water partition coefficient (Wildman–Crippen LogP) is 1.88. The van der Waals surface area contributed by atoms with Crippen LogP contribution in [0.15, 0.2) is 0 Å². The molecule has 0 fully saturated rings. The van der Waals surface area contributed by atoms with E-state index in [9.17, 15) is 4.79 Å². The maximum Gasteiger partial charge on any atom is 0.407 e. The number of hydrogen-bond acceptors (Lipinski definition) is 3. The van der Waals surface area contributed by atoms with Crippen molar-refractivity contribution in [3.05, 3.63) is 0 Å². The second-order valence-electron chi connectivity index (χ2n) is 2.35. The van der Waals surface area contributed by atoms with Gasteiger partial charge in [0.15, 0.2) is 0 Å². The molecule has 12 heavy (non-hydrogen) atoms. The molecule has 0 spiro atoms. The number of ether oxygens (including phenoxy) is 1. The summed E-state index contributed by atoms with van der Waals surface area (Å²) in [6.07, 6.45) is 3.95. The summed E-state index contributed by atoms with van der Waals surface area (Å²) in [6.45, 7) is 2.96. The van der Waals surface area contributed by atoms with Crippen molar-refractivity contribution in [1.82, 2.24) is 5.32 Å². The molecule has 0 aliphatic carbocycles. The highest BCUT2D eigenvalue weighted by Gasteiger charge is 1.97. The van der Waals surface area contributed by atoms with E-state index < -0.39 is 0 Å². The first-order valence-corrected chi connectivity index (χ1v) is 5.60. The molecule has 0 aromatic carbocycles. The van der Waals surface area contributed by atoms with Gasteiger partial charge in [-0.2, -0.15) is 11.8 Å². The summed E-state index contributed by atoms with van der Waals surface area (Å²) in [7, 11) is 0. The monoisotopic (exact) mass is 191 g/mol. The highest BCUT2D eigenvalue weighted by atomic mass is 32.2. The fourth-order valence-electron chi connectivity index (χ4n) is 0.744. The lowest BCUT2D eigenvalue weighted by Crippen LogP contribution is -2.25. The van der Waals surface area contributed by atoms with Gasteiger partial charge in [0.2, 0.25) is 0 Å². The van der Waals surface area contributed by atoms with E-state index in [1.807, 2.05) is 11.8 Å². The van der Waals surface area contributed by atoms with Gasteiger partial charge in [-0.1, -0.05) is 0 Å². The molecule has 0 radical (unpaired) electrons. The lowest BCUT2D eigenvalue weighted by molar-refractivity contribution is 0.152. The summed E-state index contributed by atoms with van der Waals surface area (Å²) in [6, 6.07) is 0. The van der Waals surface area contributed by atoms with E-state index in [1.165, 1.54) is 0 Å². The molecule has 4 heteroatoms. The van der Waals surface area contributed by atoms with Crippen molar-refractivity contribution in [3.8, 4) is 0 Å². The molecule has 1 N–H and O–H groups in total. The van der Waals surface area contributed by atoms with E-state index in [2.05, 4.69) is 11.6 Å². The van der Waals surface area contributed by atoms with E-state index in [-0.39, 0.29) is 6.09 Å². The minimum absolute atomic E-state index is 0.304. The largest absolute Gasteiger partial charge is 0.450 e. The summed E-state index contributed by atoms with van der Waals surface area (Å²) in [4.78, 5) is 10.7. The molecule has 72 valence electrons. The van der Waals surface area contributed by atoms with Crippen LogP contribution in [0, 0.1) is 0 Å². The Labute approximate surface area is 78.2 Å². The van der Waals surface area contributed by atoms with Crippen molar-refractivity contribution in [2.24, 2.45) is 0 Å². The first-order chi connectivity index (χ1) is 5.81. The predicted molar refractivity (Wildman–Crippen MR) is 52.6 cm³/mol. The second-order valence-corrected chi connectivity index (χ2v) is 3.33. The number of nitrogens with one attached hydrogen (secondary N) is 1. The van der Waals surface area contributed by atoms with Crippen LogP contribution in [-0.4, -0.2) is 31.3 Å². The molecule has 0 aliphatic rings. The van der Waals surface area contributed by atoms with Gasteiger partial charge in [0.25, 0.3) is 0 Å². The van der Waals surface area contributed by atoms with Gasteiger partial charge in [-0.05, 0) is 31.8 Å². The molecule has 0 rings (SSSR count). The standard InChI is InChI=1S/C8H17NO2S/c1-3-11-8(10)9-6-4-5-7-12-2/h3-7H2,1-2H3,(H,9,10). The van der Waals surface area contributed by atoms with Gasteiger partial charge in [0.1, 0.15) is 0 Å². The van der Waals surface area contributed by atoms with Crippen molar-refractivity contribution >= 4 is 17.9 Å². The summed E-state index contributed by atoms with van der Waals surface area (Å²) >= 11 is 1.83. The maximum absolute atomic E-state index is 10.7. The maximum atomic E-state index is 10.7. The molecule has 0 saturated heterocycles. The van der Waals surface area contributed by atoms with Crippen LogP contribution in [-0.2, 0) is 4.74 Å². The van der Waals surface area contributed by atoms with Gasteiger partial charge < -0.3 is 10.1 Å². The van der Waals surface area contributed by atoms with E-state index in [4.69, 9.17) is 4.74 Å². The van der Waals surface area contributed by atoms with Crippen LogP contribution in [0.1, 0.15) is 19.8 Å². The van der Waals surface area contributed by atoms with Gasteiger partial charge in [0.05, 0.1) is 6.61 Å². The van der Waals surface area contributed by atoms with Gasteiger partial charge in [-0.15, -0.1) is 0 Å². The summed E-state index contributed by atoms with van der Waals surface area (Å²) in [5.41, 5.74) is 0. The van der Waals surface area contributed by atoms with Crippen LogP contribution in [0.25, 0.3) is 0 Å². The number of carbonyl (C=O) groups excluding carboxylic acids is 1. The molecular weight excluding hydrogens is 174 g/mol. The zero-order valence-electron chi connectivity index (χ0n) is 7.76. The molecule has 0 aliphatic heterocycles. The molecule has 0 heterocycles. The number of unbranched alkanes of at least 4 members (excludes halogenated alkanes) is 1. The average Bonchev–Trinajstić information content (AvgIpc) is 2.05.